The van der Waals surface area contributed by atoms with Crippen LogP contribution in [-0.2, 0) is 7.05 Å². The molecule has 2 aromatic rings. The summed E-state index contributed by atoms with van der Waals surface area (Å²) in [6, 6.07) is 3.37. The Morgan fingerprint density at radius 2 is 1.95 bits per heavy atom. The molecule has 19 heavy (non-hydrogen) atoms. The molecule has 7 nitrogen and oxygen atoms in total. The van der Waals surface area contributed by atoms with Crippen LogP contribution in [0.1, 0.15) is 29.1 Å². The molecule has 1 amide bonds. The number of nitrogens with one attached hydrogen (secondary N) is 1. The van der Waals surface area contributed by atoms with Crippen LogP contribution in [0.5, 0.6) is 11.5 Å². The van der Waals surface area contributed by atoms with Gasteiger partial charge in [0.2, 0.25) is 0 Å². The number of phenolic OH excluding ortho intramolecular Hbond substituents is 2. The van der Waals surface area contributed by atoms with E-state index in [0.717, 1.165) is 6.07 Å². The van der Waals surface area contributed by atoms with Crippen molar-refractivity contribution in [2.45, 2.75) is 13.0 Å². The SMILES string of the molecule is CC(NC(=O)c1cc(O)cc(O)c1)c1nncn1C. The van der Waals surface area contributed by atoms with E-state index in [0.29, 0.717) is 5.82 Å². The van der Waals surface area contributed by atoms with Gasteiger partial charge in [0.15, 0.2) is 5.82 Å². The van der Waals surface area contributed by atoms with E-state index in [9.17, 15) is 15.0 Å². The van der Waals surface area contributed by atoms with E-state index in [1.54, 1.807) is 18.5 Å². The number of rotatable bonds is 3. The Morgan fingerprint density at radius 1 is 1.32 bits per heavy atom. The van der Waals surface area contributed by atoms with Crippen LogP contribution in [0.4, 0.5) is 0 Å². The van der Waals surface area contributed by atoms with Crippen LogP contribution in [-0.4, -0.2) is 30.9 Å². The van der Waals surface area contributed by atoms with E-state index in [-0.39, 0.29) is 23.1 Å². The topological polar surface area (TPSA) is 100 Å². The number of phenols is 2. The summed E-state index contributed by atoms with van der Waals surface area (Å²) in [5, 5.41) is 29.0. The third-order valence-corrected chi connectivity index (χ3v) is 2.65. The van der Waals surface area contributed by atoms with Crippen LogP contribution in [0.25, 0.3) is 0 Å². The van der Waals surface area contributed by atoms with Crippen molar-refractivity contribution in [1.82, 2.24) is 20.1 Å². The summed E-state index contributed by atoms with van der Waals surface area (Å²) in [6.45, 7) is 1.77. The van der Waals surface area contributed by atoms with E-state index < -0.39 is 5.91 Å². The first-order chi connectivity index (χ1) is 8.97. The number of aryl methyl sites for hydroxylation is 1. The number of aromatic nitrogens is 3. The Labute approximate surface area is 109 Å². The van der Waals surface area contributed by atoms with Crippen LogP contribution >= 0.6 is 0 Å². The summed E-state index contributed by atoms with van der Waals surface area (Å²) in [7, 11) is 1.78. The predicted octanol–water partition coefficient (Wildman–Crippen LogP) is 0.717. The largest absolute Gasteiger partial charge is 0.508 e. The Hall–Kier alpha value is -2.57. The van der Waals surface area contributed by atoms with Gasteiger partial charge in [0.1, 0.15) is 17.8 Å². The molecule has 0 aliphatic carbocycles. The monoisotopic (exact) mass is 262 g/mol. The highest BCUT2D eigenvalue weighted by Crippen LogP contribution is 2.20. The minimum atomic E-state index is -0.415. The number of nitrogens with zero attached hydrogens (tertiary/aromatic N) is 3. The molecular weight excluding hydrogens is 248 g/mol. The summed E-state index contributed by atoms with van der Waals surface area (Å²) in [5.74, 6) is -0.146. The molecule has 100 valence electrons. The van der Waals surface area contributed by atoms with Gasteiger partial charge in [-0.15, -0.1) is 10.2 Å². The van der Waals surface area contributed by atoms with Gasteiger partial charge in [-0.3, -0.25) is 4.79 Å². The van der Waals surface area contributed by atoms with Gasteiger partial charge in [-0.2, -0.15) is 0 Å². The summed E-state index contributed by atoms with van der Waals surface area (Å²) < 4.78 is 1.70. The van der Waals surface area contributed by atoms with Gasteiger partial charge >= 0.3 is 0 Å². The minimum absolute atomic E-state index is 0.170. The third-order valence-electron chi connectivity index (χ3n) is 2.65. The Bertz CT molecular complexity index is 589. The molecule has 7 heteroatoms. The van der Waals surface area contributed by atoms with Crippen LogP contribution in [0, 0.1) is 0 Å². The second-order valence-corrected chi connectivity index (χ2v) is 4.23. The summed E-state index contributed by atoms with van der Waals surface area (Å²) >= 11 is 0. The van der Waals surface area contributed by atoms with Gasteiger partial charge < -0.3 is 20.1 Å². The number of carbonyl (C=O) groups excluding carboxylic acids is 1. The number of aromatic hydroxyl groups is 2. The molecule has 0 bridgehead atoms. The zero-order valence-electron chi connectivity index (χ0n) is 10.5. The molecule has 1 aromatic carbocycles. The number of carbonyl (C=O) groups is 1. The lowest BCUT2D eigenvalue weighted by atomic mass is 10.1. The zero-order valence-corrected chi connectivity index (χ0v) is 10.5. The highest BCUT2D eigenvalue weighted by atomic mass is 16.3. The number of amides is 1. The molecule has 1 aromatic heterocycles. The second-order valence-electron chi connectivity index (χ2n) is 4.23. The molecular formula is C12H14N4O3. The van der Waals surface area contributed by atoms with Crippen molar-refractivity contribution in [1.29, 1.82) is 0 Å². The molecule has 0 spiro atoms. The lowest BCUT2D eigenvalue weighted by Gasteiger charge is -2.13. The van der Waals surface area contributed by atoms with Crippen molar-refractivity contribution in [3.63, 3.8) is 0 Å². The molecule has 1 atom stereocenters. The fraction of sp³-hybridized carbons (Fsp3) is 0.250. The maximum Gasteiger partial charge on any atom is 0.252 e. The molecule has 0 aliphatic rings. The van der Waals surface area contributed by atoms with E-state index in [4.69, 9.17) is 0 Å². The van der Waals surface area contributed by atoms with E-state index in [1.807, 2.05) is 0 Å². The quantitative estimate of drug-likeness (QED) is 0.756. The van der Waals surface area contributed by atoms with Gasteiger partial charge in [-0.1, -0.05) is 0 Å². The van der Waals surface area contributed by atoms with Crippen LogP contribution in [0.3, 0.4) is 0 Å². The van der Waals surface area contributed by atoms with Crippen LogP contribution in [0.15, 0.2) is 24.5 Å². The van der Waals surface area contributed by atoms with Gasteiger partial charge in [0, 0.05) is 18.7 Å². The lowest BCUT2D eigenvalue weighted by molar-refractivity contribution is 0.0937. The normalized spacial score (nSPS) is 12.1. The van der Waals surface area contributed by atoms with Crippen molar-refractivity contribution in [3.8, 4) is 11.5 Å². The van der Waals surface area contributed by atoms with Crippen molar-refractivity contribution < 1.29 is 15.0 Å². The average Bonchev–Trinajstić information content (AvgIpc) is 2.74. The van der Waals surface area contributed by atoms with E-state index >= 15 is 0 Å². The highest BCUT2D eigenvalue weighted by molar-refractivity contribution is 5.95. The number of benzene rings is 1. The first-order valence-corrected chi connectivity index (χ1v) is 5.65. The number of hydrogen-bond acceptors (Lipinski definition) is 5. The molecule has 0 fully saturated rings. The first-order valence-electron chi connectivity index (χ1n) is 5.65. The van der Waals surface area contributed by atoms with Crippen LogP contribution < -0.4 is 5.32 Å². The summed E-state index contributed by atoms with van der Waals surface area (Å²) in [4.78, 5) is 12.0. The fourth-order valence-corrected chi connectivity index (χ4v) is 1.75. The van der Waals surface area contributed by atoms with Crippen molar-refractivity contribution in [2.75, 3.05) is 0 Å². The smallest absolute Gasteiger partial charge is 0.252 e. The fourth-order valence-electron chi connectivity index (χ4n) is 1.75. The third kappa shape index (κ3) is 2.82. The van der Waals surface area contributed by atoms with Crippen molar-refractivity contribution >= 4 is 5.91 Å². The molecule has 0 saturated carbocycles. The standard InChI is InChI=1S/C12H14N4O3/c1-7(11-15-13-6-16(11)2)14-12(19)8-3-9(17)5-10(18)4-8/h3-7,17-18H,1-2H3,(H,14,19). The first kappa shape index (κ1) is 12.9. The lowest BCUT2D eigenvalue weighted by Crippen LogP contribution is -2.28. The molecule has 0 saturated heterocycles. The predicted molar refractivity (Wildman–Crippen MR) is 66.7 cm³/mol. The zero-order chi connectivity index (χ0) is 14.0. The maximum atomic E-state index is 12.0. The van der Waals surface area contributed by atoms with Gasteiger partial charge in [-0.25, -0.2) is 0 Å². The van der Waals surface area contributed by atoms with E-state index in [2.05, 4.69) is 15.5 Å². The van der Waals surface area contributed by atoms with Crippen molar-refractivity contribution in [3.05, 3.63) is 35.9 Å². The molecule has 1 unspecified atom stereocenters. The molecule has 3 N–H and O–H groups in total. The van der Waals surface area contributed by atoms with Gasteiger partial charge in [0.25, 0.3) is 5.91 Å². The molecule has 0 aliphatic heterocycles. The average molecular weight is 262 g/mol. The summed E-state index contributed by atoms with van der Waals surface area (Å²) in [5.41, 5.74) is 0.173. The minimum Gasteiger partial charge on any atom is -0.508 e. The maximum absolute atomic E-state index is 12.0. The Balaban J connectivity index is 2.15. The van der Waals surface area contributed by atoms with Gasteiger partial charge in [-0.05, 0) is 19.1 Å². The Morgan fingerprint density at radius 3 is 2.47 bits per heavy atom. The number of hydrogen-bond donors (Lipinski definition) is 3. The molecule has 1 heterocycles. The second kappa shape index (κ2) is 4.97. The van der Waals surface area contributed by atoms with Crippen LogP contribution in [0.2, 0.25) is 0 Å². The van der Waals surface area contributed by atoms with E-state index in [1.165, 1.54) is 18.5 Å². The molecule has 2 rings (SSSR count). The van der Waals surface area contributed by atoms with Crippen molar-refractivity contribution in [2.24, 2.45) is 7.05 Å². The summed E-state index contributed by atoms with van der Waals surface area (Å²) in [6.07, 6.45) is 1.54. The molecule has 0 radical (unpaired) electrons. The van der Waals surface area contributed by atoms with Gasteiger partial charge in [0.05, 0.1) is 6.04 Å². The highest BCUT2D eigenvalue weighted by Gasteiger charge is 2.16. The Kier molecular flexibility index (Phi) is 3.37.